The van der Waals surface area contributed by atoms with E-state index in [9.17, 15) is 18.8 Å². The summed E-state index contributed by atoms with van der Waals surface area (Å²) in [5, 5.41) is 8.45. The first kappa shape index (κ1) is 27.0. The zero-order chi connectivity index (χ0) is 27.3. The molecule has 2 heterocycles. The molecular formula is C27H32FN7O3. The van der Waals surface area contributed by atoms with Crippen molar-refractivity contribution in [3.05, 3.63) is 77.6 Å². The summed E-state index contributed by atoms with van der Waals surface area (Å²) in [6.07, 6.45) is 1.31. The van der Waals surface area contributed by atoms with Gasteiger partial charge in [-0.25, -0.2) is 9.37 Å². The van der Waals surface area contributed by atoms with E-state index >= 15 is 0 Å². The van der Waals surface area contributed by atoms with Crippen molar-refractivity contribution in [1.29, 1.82) is 0 Å². The highest BCUT2D eigenvalue weighted by Gasteiger charge is 2.29. The molecule has 1 aliphatic rings. The quantitative estimate of drug-likeness (QED) is 0.362. The highest BCUT2D eigenvalue weighted by molar-refractivity contribution is 6.10. The summed E-state index contributed by atoms with van der Waals surface area (Å²) in [5.74, 6) is -1.76. The van der Waals surface area contributed by atoms with Crippen molar-refractivity contribution in [3.8, 4) is 0 Å². The van der Waals surface area contributed by atoms with E-state index in [0.717, 1.165) is 26.2 Å². The number of hydrogen-bond acceptors (Lipinski definition) is 6. The summed E-state index contributed by atoms with van der Waals surface area (Å²) in [6.45, 7) is 8.43. The van der Waals surface area contributed by atoms with Crippen LogP contribution in [0.3, 0.4) is 0 Å². The second-order valence-electron chi connectivity index (χ2n) is 10.0. The second-order valence-corrected chi connectivity index (χ2v) is 10.0. The molecule has 1 fully saturated rings. The molecule has 200 valence electrons. The Morgan fingerprint density at radius 3 is 2.08 bits per heavy atom. The predicted molar refractivity (Wildman–Crippen MR) is 143 cm³/mol. The van der Waals surface area contributed by atoms with Crippen LogP contribution >= 0.6 is 0 Å². The molecule has 10 nitrogen and oxygen atoms in total. The fourth-order valence-corrected chi connectivity index (χ4v) is 4.25. The van der Waals surface area contributed by atoms with Crippen molar-refractivity contribution in [1.82, 2.24) is 25.1 Å². The molecule has 4 N–H and O–H groups in total. The molecule has 0 radical (unpaired) electrons. The molecule has 1 aliphatic heterocycles. The topological polar surface area (TPSA) is 122 Å². The fourth-order valence-electron chi connectivity index (χ4n) is 4.25. The summed E-state index contributed by atoms with van der Waals surface area (Å²) in [4.78, 5) is 49.7. The van der Waals surface area contributed by atoms with Crippen molar-refractivity contribution in [2.24, 2.45) is 0 Å². The van der Waals surface area contributed by atoms with Gasteiger partial charge in [0.25, 0.3) is 17.7 Å². The summed E-state index contributed by atoms with van der Waals surface area (Å²) >= 11 is 0. The van der Waals surface area contributed by atoms with Gasteiger partial charge in [0.1, 0.15) is 11.5 Å². The van der Waals surface area contributed by atoms with Gasteiger partial charge in [0.2, 0.25) is 0 Å². The molecular weight excluding hydrogens is 489 g/mol. The molecule has 3 amide bonds. The lowest BCUT2D eigenvalue weighted by atomic mass is 10.0. The molecule has 0 aliphatic carbocycles. The van der Waals surface area contributed by atoms with Crippen molar-refractivity contribution in [2.45, 2.75) is 19.4 Å². The molecule has 1 aromatic heterocycles. The number of imidazole rings is 1. The van der Waals surface area contributed by atoms with Gasteiger partial charge in [0.05, 0.1) is 6.33 Å². The van der Waals surface area contributed by atoms with Gasteiger partial charge < -0.3 is 25.8 Å². The van der Waals surface area contributed by atoms with E-state index in [2.05, 4.69) is 42.8 Å². The predicted octanol–water partition coefficient (Wildman–Crippen LogP) is 2.81. The number of aromatic amines is 1. The number of carbonyl (C=O) groups excluding carboxylic acids is 3. The smallest absolute Gasteiger partial charge is 0.276 e. The first-order valence-electron chi connectivity index (χ1n) is 12.3. The summed E-state index contributed by atoms with van der Waals surface area (Å²) in [6, 6.07) is 11.7. The van der Waals surface area contributed by atoms with E-state index in [1.165, 1.54) is 30.6 Å². The molecule has 0 spiro atoms. The van der Waals surface area contributed by atoms with Crippen LogP contribution in [0.4, 0.5) is 15.8 Å². The van der Waals surface area contributed by atoms with Gasteiger partial charge in [-0.2, -0.15) is 0 Å². The van der Waals surface area contributed by atoms with Crippen molar-refractivity contribution in [2.75, 3.05) is 50.4 Å². The molecule has 0 saturated carbocycles. The Morgan fingerprint density at radius 2 is 1.47 bits per heavy atom. The molecule has 3 aromatic rings. The SMILES string of the molecule is CN1CCN(CC(C)(C)NC(=O)c2[nH]cnc2C(=O)Nc2ccc(NC(=O)c3ccc(F)cc3)cc2)CC1. The standard InChI is InChI=1S/C27H32FN7O3/c1-27(2,16-35-14-12-34(3)13-15-35)33-26(38)23-22(29-17-30-23)25(37)32-21-10-8-20(9-11-21)31-24(36)18-4-6-19(28)7-5-18/h4-11,17H,12-16H2,1-3H3,(H,29,30)(H,31,36)(H,32,37)(H,33,38). The number of nitrogens with one attached hydrogen (secondary N) is 4. The number of carbonyl (C=O) groups is 3. The first-order valence-corrected chi connectivity index (χ1v) is 12.3. The number of hydrogen-bond donors (Lipinski definition) is 4. The van der Waals surface area contributed by atoms with Crippen LogP contribution in [0.5, 0.6) is 0 Å². The monoisotopic (exact) mass is 521 g/mol. The largest absolute Gasteiger partial charge is 0.345 e. The lowest BCUT2D eigenvalue weighted by Gasteiger charge is -2.38. The van der Waals surface area contributed by atoms with Crippen LogP contribution in [0.2, 0.25) is 0 Å². The number of halogens is 1. The van der Waals surface area contributed by atoms with E-state index in [0.29, 0.717) is 23.5 Å². The number of amides is 3. The van der Waals surface area contributed by atoms with Crippen molar-refractivity contribution in [3.63, 3.8) is 0 Å². The Labute approximate surface area is 220 Å². The Kier molecular flexibility index (Phi) is 8.18. The van der Waals surface area contributed by atoms with Crippen LogP contribution in [0, 0.1) is 5.82 Å². The van der Waals surface area contributed by atoms with E-state index in [1.54, 1.807) is 24.3 Å². The minimum Gasteiger partial charge on any atom is -0.345 e. The maximum Gasteiger partial charge on any atom is 0.276 e. The van der Waals surface area contributed by atoms with Gasteiger partial charge in [-0.05, 0) is 69.4 Å². The molecule has 11 heteroatoms. The van der Waals surface area contributed by atoms with Crippen LogP contribution in [0.15, 0.2) is 54.9 Å². The number of benzene rings is 2. The highest BCUT2D eigenvalue weighted by Crippen LogP contribution is 2.17. The molecule has 0 unspecified atom stereocenters. The Morgan fingerprint density at radius 1 is 0.895 bits per heavy atom. The van der Waals surface area contributed by atoms with Crippen molar-refractivity contribution < 1.29 is 18.8 Å². The molecule has 0 bridgehead atoms. The number of piperazine rings is 1. The first-order chi connectivity index (χ1) is 18.1. The van der Waals surface area contributed by atoms with Gasteiger partial charge >= 0.3 is 0 Å². The normalized spacial score (nSPS) is 14.6. The number of nitrogens with zero attached hydrogens (tertiary/aromatic N) is 3. The maximum absolute atomic E-state index is 13.1. The van der Waals surface area contributed by atoms with Gasteiger partial charge in [-0.3, -0.25) is 19.3 Å². The second kappa shape index (κ2) is 11.5. The van der Waals surface area contributed by atoms with E-state index < -0.39 is 23.2 Å². The van der Waals surface area contributed by atoms with Gasteiger partial charge in [0, 0.05) is 55.2 Å². The fraction of sp³-hybridized carbons (Fsp3) is 0.333. The van der Waals surface area contributed by atoms with Gasteiger partial charge in [0.15, 0.2) is 5.69 Å². The van der Waals surface area contributed by atoms with E-state index in [1.807, 2.05) is 13.8 Å². The zero-order valence-corrected chi connectivity index (χ0v) is 21.7. The lowest BCUT2D eigenvalue weighted by molar-refractivity contribution is 0.0839. The van der Waals surface area contributed by atoms with Gasteiger partial charge in [-0.1, -0.05) is 0 Å². The summed E-state index contributed by atoms with van der Waals surface area (Å²) in [5.41, 5.74) is 0.822. The number of rotatable bonds is 8. The van der Waals surface area contributed by atoms with E-state index in [4.69, 9.17) is 0 Å². The zero-order valence-electron chi connectivity index (χ0n) is 21.7. The average molecular weight is 522 g/mol. The van der Waals surface area contributed by atoms with Gasteiger partial charge in [-0.15, -0.1) is 0 Å². The molecule has 38 heavy (non-hydrogen) atoms. The number of H-pyrrole nitrogens is 1. The minimum absolute atomic E-state index is 0.0217. The van der Waals surface area contributed by atoms with Crippen LogP contribution < -0.4 is 16.0 Å². The molecule has 2 aromatic carbocycles. The molecule has 4 rings (SSSR count). The molecule has 0 atom stereocenters. The Balaban J connectivity index is 1.34. The van der Waals surface area contributed by atoms with Crippen LogP contribution in [-0.2, 0) is 0 Å². The maximum atomic E-state index is 13.1. The van der Waals surface area contributed by atoms with E-state index in [-0.39, 0.29) is 17.3 Å². The average Bonchev–Trinajstić information content (AvgIpc) is 3.37. The van der Waals surface area contributed by atoms with Crippen LogP contribution in [0.25, 0.3) is 0 Å². The minimum atomic E-state index is -0.545. The highest BCUT2D eigenvalue weighted by atomic mass is 19.1. The summed E-state index contributed by atoms with van der Waals surface area (Å²) in [7, 11) is 2.09. The third-order valence-electron chi connectivity index (χ3n) is 6.26. The van der Waals surface area contributed by atoms with Crippen molar-refractivity contribution >= 4 is 29.1 Å². The molecule has 1 saturated heterocycles. The number of anilines is 2. The Hall–Kier alpha value is -4.09. The van der Waals surface area contributed by atoms with Crippen LogP contribution in [0.1, 0.15) is 45.2 Å². The number of aromatic nitrogens is 2. The number of likely N-dealkylation sites (N-methyl/N-ethyl adjacent to an activating group) is 1. The summed E-state index contributed by atoms with van der Waals surface area (Å²) < 4.78 is 13.1. The Bertz CT molecular complexity index is 1280. The van der Waals surface area contributed by atoms with Crippen LogP contribution in [-0.4, -0.2) is 82.8 Å². The third-order valence-corrected chi connectivity index (χ3v) is 6.26. The third kappa shape index (κ3) is 7.02. The lowest BCUT2D eigenvalue weighted by Crippen LogP contribution is -2.55.